The van der Waals surface area contributed by atoms with E-state index in [0.29, 0.717) is 6.04 Å². The largest absolute Gasteiger partial charge is 0.310 e. The molecular weight excluding hydrogens is 298 g/mol. The highest BCUT2D eigenvalue weighted by Gasteiger charge is 2.11. The van der Waals surface area contributed by atoms with Crippen molar-refractivity contribution in [2.75, 3.05) is 0 Å². The maximum absolute atomic E-state index is 5.94. The molecule has 0 unspecified atom stereocenters. The van der Waals surface area contributed by atoms with E-state index in [2.05, 4.69) is 27.3 Å². The van der Waals surface area contributed by atoms with Gasteiger partial charge in [-0.1, -0.05) is 59.3 Å². The minimum absolute atomic E-state index is 0.695. The molecule has 1 fully saturated rings. The normalized spacial score (nSPS) is 18.0. The van der Waals surface area contributed by atoms with Gasteiger partial charge in [-0.2, -0.15) is 0 Å². The molecule has 94 valence electrons. The highest BCUT2D eigenvalue weighted by Crippen LogP contribution is 2.22. The summed E-state index contributed by atoms with van der Waals surface area (Å²) in [6.45, 7) is 0.933. The molecule has 1 N–H and O–H groups in total. The number of hydrogen-bond donors (Lipinski definition) is 1. The summed E-state index contributed by atoms with van der Waals surface area (Å²) in [5.74, 6) is 0. The van der Waals surface area contributed by atoms with Gasteiger partial charge in [-0.25, -0.2) is 0 Å². The molecule has 1 aromatic rings. The molecule has 0 aromatic heterocycles. The van der Waals surface area contributed by atoms with Crippen LogP contribution in [0.2, 0.25) is 5.02 Å². The Labute approximate surface area is 117 Å². The van der Waals surface area contributed by atoms with Crippen LogP contribution >= 0.6 is 27.5 Å². The molecule has 1 aliphatic carbocycles. The van der Waals surface area contributed by atoms with Crippen LogP contribution in [0.3, 0.4) is 0 Å². The summed E-state index contributed by atoms with van der Waals surface area (Å²) < 4.78 is 1.10. The number of halogens is 2. The van der Waals surface area contributed by atoms with Crippen LogP contribution < -0.4 is 5.32 Å². The topological polar surface area (TPSA) is 12.0 Å². The Morgan fingerprint density at radius 3 is 2.53 bits per heavy atom. The lowest BCUT2D eigenvalue weighted by Gasteiger charge is -2.16. The molecule has 1 aromatic carbocycles. The first-order chi connectivity index (χ1) is 8.25. The Morgan fingerprint density at radius 2 is 1.88 bits per heavy atom. The van der Waals surface area contributed by atoms with E-state index in [1.165, 1.54) is 44.1 Å². The summed E-state index contributed by atoms with van der Waals surface area (Å²) in [4.78, 5) is 0. The molecule has 0 amide bonds. The molecule has 0 saturated heterocycles. The predicted molar refractivity (Wildman–Crippen MR) is 77.5 cm³/mol. The first-order valence-corrected chi connectivity index (χ1v) is 7.60. The first-order valence-electron chi connectivity index (χ1n) is 6.43. The Morgan fingerprint density at radius 1 is 1.18 bits per heavy atom. The molecule has 1 nitrogen and oxygen atoms in total. The second-order valence-corrected chi connectivity index (χ2v) is 6.10. The van der Waals surface area contributed by atoms with E-state index in [9.17, 15) is 0 Å². The van der Waals surface area contributed by atoms with Gasteiger partial charge in [0.05, 0.1) is 0 Å². The third kappa shape index (κ3) is 4.27. The van der Waals surface area contributed by atoms with E-state index in [4.69, 9.17) is 11.6 Å². The van der Waals surface area contributed by atoms with E-state index in [0.717, 1.165) is 16.0 Å². The summed E-state index contributed by atoms with van der Waals surface area (Å²) in [5.41, 5.74) is 1.29. The van der Waals surface area contributed by atoms with E-state index < -0.39 is 0 Å². The zero-order valence-electron chi connectivity index (χ0n) is 10.0. The number of rotatable bonds is 3. The summed E-state index contributed by atoms with van der Waals surface area (Å²) in [6, 6.07) is 6.71. The van der Waals surface area contributed by atoms with Gasteiger partial charge in [0.15, 0.2) is 0 Å². The molecule has 1 saturated carbocycles. The summed E-state index contributed by atoms with van der Waals surface area (Å²) in [7, 11) is 0. The number of nitrogens with one attached hydrogen (secondary N) is 1. The molecule has 3 heteroatoms. The van der Waals surface area contributed by atoms with Gasteiger partial charge < -0.3 is 5.32 Å². The van der Waals surface area contributed by atoms with Crippen LogP contribution in [-0.4, -0.2) is 6.04 Å². The van der Waals surface area contributed by atoms with E-state index in [-0.39, 0.29) is 0 Å². The molecule has 17 heavy (non-hydrogen) atoms. The highest BCUT2D eigenvalue weighted by atomic mass is 79.9. The summed E-state index contributed by atoms with van der Waals surface area (Å²) >= 11 is 9.50. The molecule has 1 aliphatic rings. The maximum atomic E-state index is 5.94. The lowest BCUT2D eigenvalue weighted by Crippen LogP contribution is -2.27. The average molecular weight is 317 g/mol. The van der Waals surface area contributed by atoms with Crippen LogP contribution in [0.25, 0.3) is 0 Å². The van der Waals surface area contributed by atoms with Gasteiger partial charge in [-0.3, -0.25) is 0 Å². The molecule has 0 radical (unpaired) electrons. The van der Waals surface area contributed by atoms with E-state index in [1.54, 1.807) is 0 Å². The first kappa shape index (κ1) is 13.4. The van der Waals surface area contributed by atoms with Crippen LogP contribution in [0.1, 0.15) is 44.1 Å². The van der Waals surface area contributed by atoms with Gasteiger partial charge in [0, 0.05) is 22.1 Å². The van der Waals surface area contributed by atoms with Crippen LogP contribution in [0, 0.1) is 0 Å². The van der Waals surface area contributed by atoms with Crippen molar-refractivity contribution < 1.29 is 0 Å². The Kier molecular flexibility index (Phi) is 5.33. The third-order valence-corrected chi connectivity index (χ3v) is 4.42. The van der Waals surface area contributed by atoms with Gasteiger partial charge in [-0.15, -0.1) is 0 Å². The summed E-state index contributed by atoms with van der Waals surface area (Å²) in [6.07, 6.45) is 8.21. The van der Waals surface area contributed by atoms with Crippen molar-refractivity contribution in [1.29, 1.82) is 0 Å². The van der Waals surface area contributed by atoms with Gasteiger partial charge in [0.1, 0.15) is 0 Å². The average Bonchev–Trinajstić information content (AvgIpc) is 2.56. The molecule has 0 atom stereocenters. The van der Waals surface area contributed by atoms with Crippen LogP contribution in [-0.2, 0) is 6.54 Å². The van der Waals surface area contributed by atoms with E-state index >= 15 is 0 Å². The van der Waals surface area contributed by atoms with Crippen molar-refractivity contribution in [3.63, 3.8) is 0 Å². The number of hydrogen-bond acceptors (Lipinski definition) is 1. The lowest BCUT2D eigenvalue weighted by molar-refractivity contribution is 0.459. The third-order valence-electron chi connectivity index (χ3n) is 3.45. The van der Waals surface area contributed by atoms with Crippen molar-refractivity contribution in [3.8, 4) is 0 Å². The van der Waals surface area contributed by atoms with Gasteiger partial charge in [0.2, 0.25) is 0 Å². The molecule has 0 heterocycles. The van der Waals surface area contributed by atoms with Crippen LogP contribution in [0.5, 0.6) is 0 Å². The fourth-order valence-corrected chi connectivity index (χ4v) is 3.23. The Bertz CT molecular complexity index is 359. The minimum Gasteiger partial charge on any atom is -0.310 e. The standard InChI is InChI=1S/C14H19BrClN/c15-14-9-12(16)8-7-11(14)10-17-13-5-3-1-2-4-6-13/h7-9,13,17H,1-6,10H2. The highest BCUT2D eigenvalue weighted by molar-refractivity contribution is 9.10. The van der Waals surface area contributed by atoms with Gasteiger partial charge in [0.25, 0.3) is 0 Å². The minimum atomic E-state index is 0.695. The Hall–Kier alpha value is -0.0500. The zero-order valence-corrected chi connectivity index (χ0v) is 12.4. The van der Waals surface area contributed by atoms with Crippen molar-refractivity contribution in [2.45, 2.75) is 51.1 Å². The van der Waals surface area contributed by atoms with E-state index in [1.807, 2.05) is 12.1 Å². The van der Waals surface area contributed by atoms with Crippen molar-refractivity contribution in [2.24, 2.45) is 0 Å². The van der Waals surface area contributed by atoms with Gasteiger partial charge in [-0.05, 0) is 30.5 Å². The molecule has 0 spiro atoms. The summed E-state index contributed by atoms with van der Waals surface area (Å²) in [5, 5.41) is 4.45. The zero-order chi connectivity index (χ0) is 12.1. The van der Waals surface area contributed by atoms with Crippen molar-refractivity contribution in [3.05, 3.63) is 33.3 Å². The molecule has 2 rings (SSSR count). The SMILES string of the molecule is Clc1ccc(CNC2CCCCCC2)c(Br)c1. The lowest BCUT2D eigenvalue weighted by atomic mass is 10.1. The van der Waals surface area contributed by atoms with Gasteiger partial charge >= 0.3 is 0 Å². The number of benzene rings is 1. The molecular formula is C14H19BrClN. The smallest absolute Gasteiger partial charge is 0.0417 e. The predicted octanol–water partition coefficient (Wildman–Crippen LogP) is 4.91. The fourth-order valence-electron chi connectivity index (χ4n) is 2.40. The molecule has 0 aliphatic heterocycles. The second-order valence-electron chi connectivity index (χ2n) is 4.81. The maximum Gasteiger partial charge on any atom is 0.0417 e. The van der Waals surface area contributed by atoms with Crippen LogP contribution in [0.4, 0.5) is 0 Å². The molecule has 0 bridgehead atoms. The second kappa shape index (κ2) is 6.77. The van der Waals surface area contributed by atoms with Crippen LogP contribution in [0.15, 0.2) is 22.7 Å². The fraction of sp³-hybridized carbons (Fsp3) is 0.571. The van der Waals surface area contributed by atoms with Crippen molar-refractivity contribution in [1.82, 2.24) is 5.32 Å². The quantitative estimate of drug-likeness (QED) is 0.781. The Balaban J connectivity index is 1.88. The monoisotopic (exact) mass is 315 g/mol. The van der Waals surface area contributed by atoms with Crippen molar-refractivity contribution >= 4 is 27.5 Å².